The molecule has 0 aliphatic heterocycles. The van der Waals surface area contributed by atoms with E-state index in [9.17, 15) is 0 Å². The van der Waals surface area contributed by atoms with E-state index in [2.05, 4.69) is 130 Å². The summed E-state index contributed by atoms with van der Waals surface area (Å²) in [6.07, 6.45) is 5.47. The lowest BCUT2D eigenvalue weighted by Crippen LogP contribution is -1.96. The Hall–Kier alpha value is -3.97. The van der Waals surface area contributed by atoms with Gasteiger partial charge in [-0.25, -0.2) is 0 Å². The highest BCUT2D eigenvalue weighted by Gasteiger charge is 2.08. The molecule has 4 aromatic rings. The summed E-state index contributed by atoms with van der Waals surface area (Å²) >= 11 is 0. The first-order valence-electron chi connectivity index (χ1n) is 11.9. The number of hydrogen-bond donors (Lipinski definition) is 0. The molecule has 0 unspecified atom stereocenters. The summed E-state index contributed by atoms with van der Waals surface area (Å²) in [5.74, 6) is 0. The zero-order valence-corrected chi connectivity index (χ0v) is 20.2. The molecule has 4 rings (SSSR count). The van der Waals surface area contributed by atoms with Crippen molar-refractivity contribution in [3.05, 3.63) is 144 Å². The molecule has 1 heteroatoms. The number of rotatable bonds is 7. The third kappa shape index (κ3) is 5.88. The van der Waals surface area contributed by atoms with E-state index in [0.717, 1.165) is 29.0 Å². The van der Waals surface area contributed by atoms with E-state index in [4.69, 9.17) is 4.99 Å². The SMILES string of the molecule is CC/C=C(/C=C(\N=C(C)c1ccccc1)c1ccccc1)c1cc(C)cc(-c2ccccc2)c1. The highest BCUT2D eigenvalue weighted by atomic mass is 14.8. The van der Waals surface area contributed by atoms with Gasteiger partial charge in [-0.1, -0.05) is 116 Å². The molecule has 168 valence electrons. The molecule has 0 heterocycles. The van der Waals surface area contributed by atoms with Gasteiger partial charge in [-0.15, -0.1) is 0 Å². The van der Waals surface area contributed by atoms with Gasteiger partial charge in [0.1, 0.15) is 0 Å². The molecule has 0 aliphatic carbocycles. The Kier molecular flexibility index (Phi) is 7.67. The van der Waals surface area contributed by atoms with Crippen molar-refractivity contribution >= 4 is 17.0 Å². The van der Waals surface area contributed by atoms with E-state index in [0.29, 0.717) is 0 Å². The molecule has 0 radical (unpaired) electrons. The molecule has 1 nitrogen and oxygen atoms in total. The van der Waals surface area contributed by atoms with Crippen LogP contribution in [0.1, 0.15) is 42.5 Å². The minimum Gasteiger partial charge on any atom is -0.252 e. The molecule has 0 aliphatic rings. The molecule has 0 aromatic heterocycles. The average Bonchev–Trinajstić information content (AvgIpc) is 2.89. The normalized spacial score (nSPS) is 12.6. The van der Waals surface area contributed by atoms with Gasteiger partial charge in [-0.2, -0.15) is 0 Å². The predicted octanol–water partition coefficient (Wildman–Crippen LogP) is 9.01. The van der Waals surface area contributed by atoms with Crippen LogP contribution in [-0.2, 0) is 0 Å². The molecule has 4 aromatic carbocycles. The maximum Gasteiger partial charge on any atom is 0.0711 e. The summed E-state index contributed by atoms with van der Waals surface area (Å²) in [7, 11) is 0. The van der Waals surface area contributed by atoms with Crippen LogP contribution in [0, 0.1) is 6.92 Å². The average molecular weight is 442 g/mol. The van der Waals surface area contributed by atoms with Crippen LogP contribution < -0.4 is 0 Å². The lowest BCUT2D eigenvalue weighted by molar-refractivity contribution is 1.23. The first-order valence-corrected chi connectivity index (χ1v) is 11.9. The third-order valence-corrected chi connectivity index (χ3v) is 5.78. The molecule has 0 spiro atoms. The number of hydrogen-bond acceptors (Lipinski definition) is 1. The van der Waals surface area contributed by atoms with Crippen LogP contribution in [0.3, 0.4) is 0 Å². The summed E-state index contributed by atoms with van der Waals surface area (Å²) in [4.78, 5) is 5.10. The van der Waals surface area contributed by atoms with Gasteiger partial charge >= 0.3 is 0 Å². The van der Waals surface area contributed by atoms with Gasteiger partial charge in [0, 0.05) is 11.3 Å². The smallest absolute Gasteiger partial charge is 0.0711 e. The summed E-state index contributed by atoms with van der Waals surface area (Å²) in [6, 6.07) is 38.2. The minimum atomic E-state index is 0.948. The zero-order valence-electron chi connectivity index (χ0n) is 20.2. The number of nitrogens with zero attached hydrogens (tertiary/aromatic N) is 1. The highest BCUT2D eigenvalue weighted by molar-refractivity contribution is 6.02. The molecular formula is C33H31N. The maximum absolute atomic E-state index is 5.10. The number of allylic oxidation sites excluding steroid dienone is 3. The Labute approximate surface area is 203 Å². The molecule has 0 amide bonds. The standard InChI is InChI=1S/C33H31N/c1-4-14-30(32-22-25(2)21-31(23-32)28-17-10-6-11-18-28)24-33(29-19-12-7-13-20-29)34-26(3)27-15-8-5-9-16-27/h5-24H,4H2,1-3H3/b30-14-,33-24-,34-26?. The Morgan fingerprint density at radius 3 is 1.88 bits per heavy atom. The predicted molar refractivity (Wildman–Crippen MR) is 148 cm³/mol. The lowest BCUT2D eigenvalue weighted by atomic mass is 9.95. The number of aryl methyl sites for hydroxylation is 1. The molecular weight excluding hydrogens is 410 g/mol. The van der Waals surface area contributed by atoms with Crippen molar-refractivity contribution < 1.29 is 0 Å². The van der Waals surface area contributed by atoms with Crippen LogP contribution in [-0.4, -0.2) is 5.71 Å². The van der Waals surface area contributed by atoms with Gasteiger partial charge in [0.05, 0.1) is 5.70 Å². The third-order valence-electron chi connectivity index (χ3n) is 5.78. The van der Waals surface area contributed by atoms with Crippen LogP contribution in [0.2, 0.25) is 0 Å². The molecule has 0 fully saturated rings. The van der Waals surface area contributed by atoms with E-state index in [-0.39, 0.29) is 0 Å². The van der Waals surface area contributed by atoms with Crippen molar-refractivity contribution in [2.24, 2.45) is 4.99 Å². The van der Waals surface area contributed by atoms with E-state index >= 15 is 0 Å². The quantitative estimate of drug-likeness (QED) is 0.200. The summed E-state index contributed by atoms with van der Waals surface area (Å²) in [5, 5.41) is 0. The Bertz CT molecular complexity index is 1310. The first-order chi connectivity index (χ1) is 16.6. The van der Waals surface area contributed by atoms with Crippen LogP contribution in [0.5, 0.6) is 0 Å². The van der Waals surface area contributed by atoms with Gasteiger partial charge in [-0.3, -0.25) is 4.99 Å². The highest BCUT2D eigenvalue weighted by Crippen LogP contribution is 2.29. The molecule has 0 saturated heterocycles. The fraction of sp³-hybridized carbons (Fsp3) is 0.121. The van der Waals surface area contributed by atoms with Gasteiger partial charge in [0.2, 0.25) is 0 Å². The molecule has 0 bridgehead atoms. The van der Waals surface area contributed by atoms with Crippen molar-refractivity contribution in [2.45, 2.75) is 27.2 Å². The lowest BCUT2D eigenvalue weighted by Gasteiger charge is -2.12. The fourth-order valence-electron chi connectivity index (χ4n) is 4.09. The fourth-order valence-corrected chi connectivity index (χ4v) is 4.09. The van der Waals surface area contributed by atoms with Gasteiger partial charge in [-0.05, 0) is 65.8 Å². The second-order valence-corrected chi connectivity index (χ2v) is 8.48. The largest absolute Gasteiger partial charge is 0.252 e. The van der Waals surface area contributed by atoms with Crippen LogP contribution in [0.25, 0.3) is 22.4 Å². The van der Waals surface area contributed by atoms with Gasteiger partial charge in [0.25, 0.3) is 0 Å². The summed E-state index contributed by atoms with van der Waals surface area (Å²) in [6.45, 7) is 6.43. The second kappa shape index (κ2) is 11.2. The van der Waals surface area contributed by atoms with Crippen LogP contribution in [0.15, 0.2) is 126 Å². The van der Waals surface area contributed by atoms with Crippen LogP contribution >= 0.6 is 0 Å². The summed E-state index contributed by atoms with van der Waals surface area (Å²) < 4.78 is 0. The number of aliphatic imine (C=N–C) groups is 1. The van der Waals surface area contributed by atoms with E-state index < -0.39 is 0 Å². The first kappa shape index (κ1) is 23.2. The molecule has 34 heavy (non-hydrogen) atoms. The van der Waals surface area contributed by atoms with Crippen molar-refractivity contribution in [2.75, 3.05) is 0 Å². The Morgan fingerprint density at radius 2 is 1.26 bits per heavy atom. The van der Waals surface area contributed by atoms with Crippen molar-refractivity contribution in [1.29, 1.82) is 0 Å². The van der Waals surface area contributed by atoms with E-state index in [1.807, 2.05) is 12.1 Å². The Morgan fingerprint density at radius 1 is 0.676 bits per heavy atom. The van der Waals surface area contributed by atoms with Crippen LogP contribution in [0.4, 0.5) is 0 Å². The van der Waals surface area contributed by atoms with Crippen molar-refractivity contribution in [3.8, 4) is 11.1 Å². The maximum atomic E-state index is 5.10. The minimum absolute atomic E-state index is 0.948. The summed E-state index contributed by atoms with van der Waals surface area (Å²) in [5.41, 5.74) is 10.3. The second-order valence-electron chi connectivity index (χ2n) is 8.48. The van der Waals surface area contributed by atoms with Gasteiger partial charge in [0.15, 0.2) is 0 Å². The zero-order chi connectivity index (χ0) is 23.8. The van der Waals surface area contributed by atoms with Crippen molar-refractivity contribution in [1.82, 2.24) is 0 Å². The van der Waals surface area contributed by atoms with E-state index in [1.54, 1.807) is 0 Å². The molecule has 0 atom stereocenters. The molecule has 0 saturated carbocycles. The van der Waals surface area contributed by atoms with E-state index in [1.165, 1.54) is 27.8 Å². The molecule has 0 N–H and O–H groups in total. The van der Waals surface area contributed by atoms with Gasteiger partial charge < -0.3 is 0 Å². The monoisotopic (exact) mass is 441 g/mol. The van der Waals surface area contributed by atoms with Crippen molar-refractivity contribution in [3.63, 3.8) is 0 Å². The Balaban J connectivity index is 1.83. The topological polar surface area (TPSA) is 12.4 Å². The number of benzene rings is 4.